The van der Waals surface area contributed by atoms with Crippen LogP contribution < -0.4 is 29.6 Å². The summed E-state index contributed by atoms with van der Waals surface area (Å²) in [7, 11) is -1.23. The molecule has 0 saturated heterocycles. The number of phenols is 1. The van der Waals surface area contributed by atoms with Gasteiger partial charge >= 0.3 is 40.0 Å². The molecule has 0 fully saturated rings. The van der Waals surface area contributed by atoms with Gasteiger partial charge in [-0.3, -0.25) is 9.56 Å². The van der Waals surface area contributed by atoms with Crippen molar-refractivity contribution >= 4 is 27.9 Å². The van der Waals surface area contributed by atoms with Crippen LogP contribution in [0.5, 0.6) is 5.75 Å². The van der Waals surface area contributed by atoms with Gasteiger partial charge in [-0.2, -0.15) is 8.42 Å². The average molecular weight is 385 g/mol. The Hall–Kier alpha value is -1.91. The number of aromatic hydroxyl groups is 1. The molecule has 0 amide bonds. The second kappa shape index (κ2) is 9.70. The van der Waals surface area contributed by atoms with Crippen molar-refractivity contribution in [1.82, 2.24) is 5.01 Å². The van der Waals surface area contributed by atoms with Crippen LogP contribution in [0.2, 0.25) is 0 Å². The fraction of sp³-hybridized carbons (Fsp3) is 0.125. The van der Waals surface area contributed by atoms with Crippen molar-refractivity contribution in [3.05, 3.63) is 59.7 Å². The Morgan fingerprint density at radius 3 is 2.35 bits per heavy atom. The SMILES string of the molecule is CN(C)N=Nc1ccc(C=C(OS(=O)(=O)O)c2[c-]cc(O)cc2)cc1.[Na+]. The molecule has 0 aliphatic rings. The van der Waals surface area contributed by atoms with E-state index in [9.17, 15) is 13.5 Å². The van der Waals surface area contributed by atoms with Gasteiger partial charge in [0.1, 0.15) is 0 Å². The van der Waals surface area contributed by atoms with E-state index < -0.39 is 10.4 Å². The maximum atomic E-state index is 11.1. The van der Waals surface area contributed by atoms with E-state index in [0.717, 1.165) is 0 Å². The smallest absolute Gasteiger partial charge is 0.551 e. The van der Waals surface area contributed by atoms with Crippen molar-refractivity contribution in [2.24, 2.45) is 10.3 Å². The summed E-state index contributed by atoms with van der Waals surface area (Å²) in [5, 5.41) is 18.7. The standard InChI is InChI=1S/C16H16N3O5S.Na/c1-19(2)18-17-14-7-3-12(4-8-14)11-16(24-25(21,22)23)13-5-9-15(20)10-6-13;/h3-5,7-11,20H,1-2H3,(H,21,22,23);/q-1;+1. The molecule has 2 rings (SSSR count). The van der Waals surface area contributed by atoms with Gasteiger partial charge in [-0.25, -0.2) is 0 Å². The molecule has 0 heterocycles. The minimum absolute atomic E-state index is 0. The molecule has 0 aliphatic heterocycles. The molecule has 0 saturated carbocycles. The van der Waals surface area contributed by atoms with Gasteiger partial charge in [0.05, 0.1) is 11.4 Å². The molecular formula is C16H16N3NaO5S. The predicted octanol–water partition coefficient (Wildman–Crippen LogP) is 0.0742. The Bertz CT molecular complexity index is 879. The monoisotopic (exact) mass is 385 g/mol. The Kier molecular flexibility index (Phi) is 8.25. The van der Waals surface area contributed by atoms with Gasteiger partial charge in [0.25, 0.3) is 0 Å². The molecule has 0 spiro atoms. The van der Waals surface area contributed by atoms with Gasteiger partial charge in [0.2, 0.25) is 0 Å². The Morgan fingerprint density at radius 2 is 1.85 bits per heavy atom. The van der Waals surface area contributed by atoms with Crippen molar-refractivity contribution in [3.63, 3.8) is 0 Å². The Morgan fingerprint density at radius 1 is 1.19 bits per heavy atom. The minimum Gasteiger partial charge on any atom is -0.551 e. The third-order valence-electron chi connectivity index (χ3n) is 2.79. The second-order valence-corrected chi connectivity index (χ2v) is 6.13. The summed E-state index contributed by atoms with van der Waals surface area (Å²) >= 11 is 0. The molecule has 0 atom stereocenters. The van der Waals surface area contributed by atoms with E-state index in [0.29, 0.717) is 11.3 Å². The Balaban J connectivity index is 0.00000338. The van der Waals surface area contributed by atoms with Crippen LogP contribution in [0.1, 0.15) is 11.1 Å². The number of rotatable bonds is 6. The van der Waals surface area contributed by atoms with Gasteiger partial charge in [0.15, 0.2) is 0 Å². The van der Waals surface area contributed by atoms with Crippen LogP contribution in [0.3, 0.4) is 0 Å². The third kappa shape index (κ3) is 7.54. The van der Waals surface area contributed by atoms with Crippen molar-refractivity contribution in [3.8, 4) is 5.75 Å². The maximum absolute atomic E-state index is 11.1. The number of benzene rings is 2. The quantitative estimate of drug-likeness (QED) is 0.138. The summed E-state index contributed by atoms with van der Waals surface area (Å²) in [5.74, 6) is -0.185. The van der Waals surface area contributed by atoms with E-state index in [1.807, 2.05) is 0 Å². The number of hydrogen-bond acceptors (Lipinski definition) is 6. The summed E-state index contributed by atoms with van der Waals surface area (Å²) in [6, 6.07) is 13.4. The number of nitrogens with zero attached hydrogens (tertiary/aromatic N) is 3. The maximum Gasteiger partial charge on any atom is 1.00 e. The van der Waals surface area contributed by atoms with E-state index in [-0.39, 0.29) is 46.6 Å². The van der Waals surface area contributed by atoms with Crippen LogP contribution in [0.25, 0.3) is 11.8 Å². The number of hydrogen-bond donors (Lipinski definition) is 2. The summed E-state index contributed by atoms with van der Waals surface area (Å²) in [6.45, 7) is 0. The summed E-state index contributed by atoms with van der Waals surface area (Å²) < 4.78 is 35.7. The first kappa shape index (κ1) is 22.1. The molecule has 0 unspecified atom stereocenters. The minimum atomic E-state index is -4.72. The molecule has 2 aromatic rings. The molecule has 0 aliphatic carbocycles. The molecular weight excluding hydrogens is 369 g/mol. The topological polar surface area (TPSA) is 112 Å². The van der Waals surface area contributed by atoms with Crippen LogP contribution in [0.15, 0.2) is 52.8 Å². The molecule has 132 valence electrons. The van der Waals surface area contributed by atoms with Gasteiger partial charge < -0.3 is 9.29 Å². The predicted molar refractivity (Wildman–Crippen MR) is 92.1 cm³/mol. The normalized spacial score (nSPS) is 11.9. The fourth-order valence-electron chi connectivity index (χ4n) is 1.76. The summed E-state index contributed by atoms with van der Waals surface area (Å²) in [5.41, 5.74) is 1.45. The van der Waals surface area contributed by atoms with Gasteiger partial charge in [-0.15, -0.1) is 34.9 Å². The molecule has 2 N–H and O–H groups in total. The zero-order valence-electron chi connectivity index (χ0n) is 14.5. The summed E-state index contributed by atoms with van der Waals surface area (Å²) in [6.07, 6.45) is 1.41. The van der Waals surface area contributed by atoms with Crippen molar-refractivity contribution in [2.45, 2.75) is 0 Å². The van der Waals surface area contributed by atoms with Gasteiger partial charge in [-0.05, 0) is 17.7 Å². The van der Waals surface area contributed by atoms with E-state index in [1.165, 1.54) is 24.3 Å². The molecule has 10 heteroatoms. The van der Waals surface area contributed by atoms with E-state index in [4.69, 9.17) is 4.55 Å². The molecule has 26 heavy (non-hydrogen) atoms. The summed E-state index contributed by atoms with van der Waals surface area (Å²) in [4.78, 5) is 0. The second-order valence-electron chi connectivity index (χ2n) is 5.11. The van der Waals surface area contributed by atoms with Crippen LogP contribution in [-0.4, -0.2) is 37.2 Å². The first-order valence-electron chi connectivity index (χ1n) is 7.02. The van der Waals surface area contributed by atoms with Gasteiger partial charge in [0, 0.05) is 19.8 Å². The fourth-order valence-corrected chi connectivity index (χ4v) is 2.12. The van der Waals surface area contributed by atoms with Crippen LogP contribution >= 0.6 is 0 Å². The zero-order chi connectivity index (χ0) is 18.4. The van der Waals surface area contributed by atoms with Gasteiger partial charge in [-0.1, -0.05) is 23.4 Å². The van der Waals surface area contributed by atoms with Crippen molar-refractivity contribution in [1.29, 1.82) is 0 Å². The zero-order valence-corrected chi connectivity index (χ0v) is 17.3. The van der Waals surface area contributed by atoms with Crippen LogP contribution in [0.4, 0.5) is 5.69 Å². The van der Waals surface area contributed by atoms with Crippen molar-refractivity contribution < 1.29 is 51.8 Å². The Labute approximate surface area is 174 Å². The largest absolute Gasteiger partial charge is 1.00 e. The number of phenolic OH excluding ortho intramolecular Hbond substituents is 1. The van der Waals surface area contributed by atoms with E-state index in [1.54, 1.807) is 43.4 Å². The molecule has 0 aromatic heterocycles. The first-order valence-corrected chi connectivity index (χ1v) is 8.38. The van der Waals surface area contributed by atoms with Crippen molar-refractivity contribution in [2.75, 3.05) is 14.1 Å². The first-order chi connectivity index (χ1) is 11.7. The average Bonchev–Trinajstić information content (AvgIpc) is 2.53. The molecule has 0 bridgehead atoms. The van der Waals surface area contributed by atoms with E-state index >= 15 is 0 Å². The van der Waals surface area contributed by atoms with E-state index in [2.05, 4.69) is 20.6 Å². The van der Waals surface area contributed by atoms with Crippen LogP contribution in [-0.2, 0) is 14.6 Å². The third-order valence-corrected chi connectivity index (χ3v) is 3.18. The van der Waals surface area contributed by atoms with Crippen LogP contribution in [0, 0.1) is 6.07 Å². The molecule has 8 nitrogen and oxygen atoms in total. The molecule has 2 aromatic carbocycles. The molecule has 0 radical (unpaired) electrons.